The van der Waals surface area contributed by atoms with Crippen molar-refractivity contribution in [3.05, 3.63) is 83.6 Å². The Morgan fingerprint density at radius 1 is 0.893 bits per heavy atom. The molecule has 0 aliphatic rings. The normalized spacial score (nSPS) is 11.5. The maximum absolute atomic E-state index is 12.8. The second-order valence-corrected chi connectivity index (χ2v) is 7.20. The molecule has 0 radical (unpaired) electrons. The summed E-state index contributed by atoms with van der Waals surface area (Å²) in [4.78, 5) is 19.5. The first kappa shape index (κ1) is 16.6. The number of hydrogen-bond acceptors (Lipinski definition) is 1. The average Bonchev–Trinajstić information content (AvgIpc) is 3.30. The van der Waals surface area contributed by atoms with Gasteiger partial charge in [0.15, 0.2) is 0 Å². The lowest BCUT2D eigenvalue weighted by atomic mass is 10.0. The number of carbonyl (C=O) groups excluding carboxylic acids is 1. The van der Waals surface area contributed by atoms with Crippen molar-refractivity contribution < 1.29 is 4.79 Å². The van der Waals surface area contributed by atoms with Crippen molar-refractivity contribution in [2.45, 2.75) is 13.3 Å². The molecule has 0 saturated heterocycles. The third kappa shape index (κ3) is 2.65. The highest BCUT2D eigenvalue weighted by Gasteiger charge is 2.14. The lowest BCUT2D eigenvalue weighted by Gasteiger charge is -2.08. The first-order valence-corrected chi connectivity index (χ1v) is 9.55. The average molecular weight is 367 g/mol. The number of H-pyrrole nitrogens is 2. The van der Waals surface area contributed by atoms with Gasteiger partial charge in [-0.1, -0.05) is 42.5 Å². The minimum absolute atomic E-state index is 0.0297. The zero-order valence-corrected chi connectivity index (χ0v) is 15.7. The van der Waals surface area contributed by atoms with Gasteiger partial charge in [0, 0.05) is 45.5 Å². The maximum Gasteiger partial charge on any atom is 0.251 e. The number of aryl methyl sites for hydroxylation is 1. The topological polar surface area (TPSA) is 60.7 Å². The Kier molecular flexibility index (Phi) is 3.90. The number of fused-ring (bicyclic) bond motifs is 4. The van der Waals surface area contributed by atoms with Crippen LogP contribution in [0.4, 0.5) is 0 Å². The molecule has 0 fully saturated rings. The highest BCUT2D eigenvalue weighted by molar-refractivity contribution is 6.11. The number of aromatic nitrogens is 2. The number of para-hydroxylation sites is 2. The Bertz CT molecular complexity index is 1330. The van der Waals surface area contributed by atoms with Crippen LogP contribution >= 0.6 is 0 Å². The van der Waals surface area contributed by atoms with Crippen LogP contribution in [0.2, 0.25) is 0 Å². The smallest absolute Gasteiger partial charge is 0.251 e. The predicted octanol–water partition coefficient (Wildman–Crippen LogP) is 5.08. The van der Waals surface area contributed by atoms with Crippen LogP contribution in [0.25, 0.3) is 32.7 Å². The molecule has 0 bridgehead atoms. The summed E-state index contributed by atoms with van der Waals surface area (Å²) >= 11 is 0. The van der Waals surface area contributed by atoms with Crippen molar-refractivity contribution in [2.75, 3.05) is 6.54 Å². The molecule has 28 heavy (non-hydrogen) atoms. The van der Waals surface area contributed by atoms with Gasteiger partial charge in [-0.05, 0) is 42.7 Å². The number of carbonyl (C=O) groups is 1. The van der Waals surface area contributed by atoms with E-state index in [-0.39, 0.29) is 5.91 Å². The third-order valence-corrected chi connectivity index (χ3v) is 5.54. The molecule has 3 N–H and O–H groups in total. The van der Waals surface area contributed by atoms with E-state index in [2.05, 4.69) is 39.6 Å². The Morgan fingerprint density at radius 2 is 1.64 bits per heavy atom. The summed E-state index contributed by atoms with van der Waals surface area (Å²) in [6.07, 6.45) is 2.82. The van der Waals surface area contributed by atoms with E-state index in [1.165, 1.54) is 16.3 Å². The molecule has 1 amide bonds. The van der Waals surface area contributed by atoms with Crippen molar-refractivity contribution in [2.24, 2.45) is 0 Å². The quantitative estimate of drug-likeness (QED) is 0.407. The van der Waals surface area contributed by atoms with E-state index in [1.807, 2.05) is 49.5 Å². The molecule has 4 nitrogen and oxygen atoms in total. The number of hydrogen-bond donors (Lipinski definition) is 3. The summed E-state index contributed by atoms with van der Waals surface area (Å²) in [6.45, 7) is 2.61. The lowest BCUT2D eigenvalue weighted by molar-refractivity contribution is 0.0953. The molecule has 0 aliphatic heterocycles. The second kappa shape index (κ2) is 6.57. The van der Waals surface area contributed by atoms with Crippen LogP contribution in [0.1, 0.15) is 21.5 Å². The lowest BCUT2D eigenvalue weighted by Crippen LogP contribution is -2.26. The fraction of sp³-hybridized carbons (Fsp3) is 0.125. The number of rotatable bonds is 4. The molecular weight excluding hydrogens is 346 g/mol. The van der Waals surface area contributed by atoms with Gasteiger partial charge in [0.1, 0.15) is 0 Å². The zero-order chi connectivity index (χ0) is 19.1. The summed E-state index contributed by atoms with van der Waals surface area (Å²) < 4.78 is 0. The van der Waals surface area contributed by atoms with Crippen LogP contribution in [0.5, 0.6) is 0 Å². The van der Waals surface area contributed by atoms with Crippen LogP contribution in [0.15, 0.2) is 66.9 Å². The van der Waals surface area contributed by atoms with E-state index in [0.717, 1.165) is 39.5 Å². The Labute approximate surface area is 162 Å². The van der Waals surface area contributed by atoms with E-state index in [9.17, 15) is 4.79 Å². The van der Waals surface area contributed by atoms with Crippen molar-refractivity contribution in [1.29, 1.82) is 0 Å². The van der Waals surface area contributed by atoms with Crippen molar-refractivity contribution in [3.63, 3.8) is 0 Å². The highest BCUT2D eigenvalue weighted by Crippen LogP contribution is 2.29. The van der Waals surface area contributed by atoms with E-state index in [0.29, 0.717) is 6.54 Å². The SMILES string of the molecule is Cc1c(C(=O)NCCc2c[nH]c3ccccc23)ccc2c1[nH]c1ccccc12. The van der Waals surface area contributed by atoms with Gasteiger partial charge in [-0.25, -0.2) is 0 Å². The first-order chi connectivity index (χ1) is 13.7. The molecule has 0 spiro atoms. The monoisotopic (exact) mass is 367 g/mol. The molecule has 0 unspecified atom stereocenters. The van der Waals surface area contributed by atoms with E-state index >= 15 is 0 Å². The van der Waals surface area contributed by atoms with Gasteiger partial charge in [0.2, 0.25) is 0 Å². The van der Waals surface area contributed by atoms with Gasteiger partial charge in [-0.3, -0.25) is 4.79 Å². The predicted molar refractivity (Wildman–Crippen MR) is 115 cm³/mol. The molecular formula is C24H21N3O. The molecule has 138 valence electrons. The van der Waals surface area contributed by atoms with Crippen molar-refractivity contribution >= 4 is 38.6 Å². The van der Waals surface area contributed by atoms with Gasteiger partial charge in [-0.2, -0.15) is 0 Å². The molecule has 5 rings (SSSR count). The fourth-order valence-corrected chi connectivity index (χ4v) is 4.05. The Morgan fingerprint density at radius 3 is 2.50 bits per heavy atom. The highest BCUT2D eigenvalue weighted by atomic mass is 16.1. The van der Waals surface area contributed by atoms with E-state index in [1.54, 1.807) is 0 Å². The van der Waals surface area contributed by atoms with Gasteiger partial charge >= 0.3 is 0 Å². The summed E-state index contributed by atoms with van der Waals surface area (Å²) in [5.74, 6) is -0.0297. The minimum atomic E-state index is -0.0297. The summed E-state index contributed by atoms with van der Waals surface area (Å²) in [5.41, 5.74) is 6.18. The minimum Gasteiger partial charge on any atom is -0.361 e. The first-order valence-electron chi connectivity index (χ1n) is 9.55. The third-order valence-electron chi connectivity index (χ3n) is 5.54. The number of benzene rings is 3. The molecule has 0 atom stereocenters. The van der Waals surface area contributed by atoms with E-state index < -0.39 is 0 Å². The molecule has 5 aromatic rings. The zero-order valence-electron chi connectivity index (χ0n) is 15.7. The Hall–Kier alpha value is -3.53. The number of amides is 1. The molecule has 0 aliphatic carbocycles. The summed E-state index contributed by atoms with van der Waals surface area (Å²) in [7, 11) is 0. The standard InChI is InChI=1S/C24H21N3O/c1-15-17(10-11-20-19-7-3-5-9-22(19)27-23(15)20)24(28)25-13-12-16-14-26-21-8-4-2-6-18(16)21/h2-11,14,26-27H,12-13H2,1H3,(H,25,28). The van der Waals surface area contributed by atoms with Crippen molar-refractivity contribution in [1.82, 2.24) is 15.3 Å². The van der Waals surface area contributed by atoms with Gasteiger partial charge in [0.05, 0.1) is 5.52 Å². The van der Waals surface area contributed by atoms with E-state index in [4.69, 9.17) is 0 Å². The molecule has 0 saturated carbocycles. The van der Waals surface area contributed by atoms with Crippen LogP contribution in [0, 0.1) is 6.92 Å². The Balaban J connectivity index is 1.37. The summed E-state index contributed by atoms with van der Waals surface area (Å²) in [6, 6.07) is 20.4. The largest absolute Gasteiger partial charge is 0.361 e. The van der Waals surface area contributed by atoms with Crippen LogP contribution < -0.4 is 5.32 Å². The number of nitrogens with one attached hydrogen (secondary N) is 3. The van der Waals surface area contributed by atoms with Gasteiger partial charge < -0.3 is 15.3 Å². The fourth-order valence-electron chi connectivity index (χ4n) is 4.05. The van der Waals surface area contributed by atoms with Crippen LogP contribution in [0.3, 0.4) is 0 Å². The summed E-state index contributed by atoms with van der Waals surface area (Å²) in [5, 5.41) is 6.63. The van der Waals surface area contributed by atoms with Crippen LogP contribution in [-0.4, -0.2) is 22.4 Å². The second-order valence-electron chi connectivity index (χ2n) is 7.20. The molecule has 3 aromatic carbocycles. The number of aromatic amines is 2. The van der Waals surface area contributed by atoms with Gasteiger partial charge in [-0.15, -0.1) is 0 Å². The molecule has 2 heterocycles. The maximum atomic E-state index is 12.8. The van der Waals surface area contributed by atoms with Crippen molar-refractivity contribution in [3.8, 4) is 0 Å². The molecule has 2 aromatic heterocycles. The molecule has 4 heteroatoms. The van der Waals surface area contributed by atoms with Gasteiger partial charge in [0.25, 0.3) is 5.91 Å². The van der Waals surface area contributed by atoms with Crippen LogP contribution in [-0.2, 0) is 6.42 Å².